The molecule has 2 heterocycles. The van der Waals surface area contributed by atoms with Crippen molar-refractivity contribution in [2.24, 2.45) is 0 Å². The summed E-state index contributed by atoms with van der Waals surface area (Å²) in [7, 11) is 0. The Morgan fingerprint density at radius 3 is 2.31 bits per heavy atom. The van der Waals surface area contributed by atoms with Crippen LogP contribution in [0.2, 0.25) is 0 Å². The maximum absolute atomic E-state index is 13.1. The first-order chi connectivity index (χ1) is 17.2. The van der Waals surface area contributed by atoms with Gasteiger partial charge in [-0.3, -0.25) is 9.78 Å². The summed E-state index contributed by atoms with van der Waals surface area (Å²) in [6.45, 7) is 6.74. The minimum atomic E-state index is -1.56. The number of aliphatic hydroxyl groups is 2. The van der Waals surface area contributed by atoms with E-state index in [0.717, 1.165) is 49.0 Å². The number of rotatable bonds is 6. The second-order valence-corrected chi connectivity index (χ2v) is 10.4. The molecule has 1 saturated carbocycles. The molecule has 4 N–H and O–H groups in total. The summed E-state index contributed by atoms with van der Waals surface area (Å²) < 4.78 is 0. The zero-order valence-electron chi connectivity index (χ0n) is 21.4. The van der Waals surface area contributed by atoms with Crippen LogP contribution in [0.4, 0.5) is 10.5 Å². The fraction of sp³-hybridized carbons (Fsp3) is 0.536. The maximum Gasteiger partial charge on any atom is 0.322 e. The Balaban J connectivity index is 1.29. The van der Waals surface area contributed by atoms with Gasteiger partial charge < -0.3 is 25.7 Å². The van der Waals surface area contributed by atoms with E-state index in [1.165, 1.54) is 5.56 Å². The highest BCUT2D eigenvalue weighted by Gasteiger charge is 2.35. The van der Waals surface area contributed by atoms with Crippen LogP contribution in [-0.4, -0.2) is 50.7 Å². The summed E-state index contributed by atoms with van der Waals surface area (Å²) >= 11 is 0. The molecule has 0 radical (unpaired) electrons. The topological polar surface area (TPSA) is 115 Å². The van der Waals surface area contributed by atoms with Crippen molar-refractivity contribution < 1.29 is 19.8 Å². The third kappa shape index (κ3) is 6.05. The van der Waals surface area contributed by atoms with E-state index in [1.807, 2.05) is 37.3 Å². The highest BCUT2D eigenvalue weighted by Crippen LogP contribution is 2.34. The number of amides is 3. The highest BCUT2D eigenvalue weighted by molar-refractivity contribution is 5.94. The SMILES string of the molecule is Cc1nc(C(O)O)ccc1C1CCC(NC(=O)[C@H]2CCCN2C(=O)Nc2ccc(C(C)C)cc2)CC1. The molecular formula is C28H38N4O4. The number of carbonyl (C=O) groups excluding carboxylic acids is 2. The Bertz CT molecular complexity index is 1060. The monoisotopic (exact) mass is 494 g/mol. The molecule has 0 spiro atoms. The highest BCUT2D eigenvalue weighted by atomic mass is 16.5. The number of aryl methyl sites for hydroxylation is 1. The first-order valence-electron chi connectivity index (χ1n) is 13.0. The summed E-state index contributed by atoms with van der Waals surface area (Å²) in [6, 6.07) is 10.9. The van der Waals surface area contributed by atoms with Crippen molar-refractivity contribution in [3.8, 4) is 0 Å². The van der Waals surface area contributed by atoms with Gasteiger partial charge >= 0.3 is 6.03 Å². The molecular weight excluding hydrogens is 456 g/mol. The van der Waals surface area contributed by atoms with Crippen molar-refractivity contribution in [3.63, 3.8) is 0 Å². The number of nitrogens with one attached hydrogen (secondary N) is 2. The number of urea groups is 1. The second-order valence-electron chi connectivity index (χ2n) is 10.4. The fourth-order valence-corrected chi connectivity index (χ4v) is 5.44. The predicted molar refractivity (Wildman–Crippen MR) is 139 cm³/mol. The number of aliphatic hydroxyl groups excluding tert-OH is 1. The zero-order valence-corrected chi connectivity index (χ0v) is 21.4. The van der Waals surface area contributed by atoms with E-state index < -0.39 is 12.3 Å². The van der Waals surface area contributed by atoms with Crippen LogP contribution in [0, 0.1) is 6.92 Å². The number of hydrogen-bond acceptors (Lipinski definition) is 5. The van der Waals surface area contributed by atoms with Gasteiger partial charge in [0.1, 0.15) is 6.04 Å². The molecule has 1 saturated heterocycles. The van der Waals surface area contributed by atoms with Crippen molar-refractivity contribution >= 4 is 17.6 Å². The minimum Gasteiger partial charge on any atom is -0.363 e. The average Bonchev–Trinajstić information content (AvgIpc) is 3.35. The van der Waals surface area contributed by atoms with Gasteiger partial charge in [0.15, 0.2) is 6.29 Å². The third-order valence-electron chi connectivity index (χ3n) is 7.57. The molecule has 1 aromatic heterocycles. The quantitative estimate of drug-likeness (QED) is 0.446. The minimum absolute atomic E-state index is 0.0691. The molecule has 3 amide bonds. The maximum atomic E-state index is 13.1. The van der Waals surface area contributed by atoms with E-state index in [4.69, 9.17) is 0 Å². The molecule has 1 aliphatic carbocycles. The number of nitrogens with zero attached hydrogens (tertiary/aromatic N) is 2. The second kappa shape index (κ2) is 11.4. The molecule has 1 aromatic carbocycles. The first-order valence-corrected chi connectivity index (χ1v) is 13.0. The van der Waals surface area contributed by atoms with Crippen LogP contribution in [0.25, 0.3) is 0 Å². The van der Waals surface area contributed by atoms with E-state index >= 15 is 0 Å². The molecule has 1 atom stereocenters. The van der Waals surface area contributed by atoms with Crippen LogP contribution >= 0.6 is 0 Å². The molecule has 2 aliphatic rings. The first kappa shape index (κ1) is 26.1. The largest absolute Gasteiger partial charge is 0.363 e. The molecule has 8 nitrogen and oxygen atoms in total. The smallest absolute Gasteiger partial charge is 0.322 e. The number of likely N-dealkylation sites (tertiary alicyclic amines) is 1. The molecule has 0 bridgehead atoms. The molecule has 0 unspecified atom stereocenters. The van der Waals surface area contributed by atoms with Gasteiger partial charge in [-0.25, -0.2) is 4.79 Å². The van der Waals surface area contributed by atoms with Crippen molar-refractivity contribution in [2.45, 2.75) is 89.5 Å². The van der Waals surface area contributed by atoms with Crippen LogP contribution in [0.3, 0.4) is 0 Å². The van der Waals surface area contributed by atoms with Crippen molar-refractivity contribution in [3.05, 3.63) is 58.9 Å². The number of pyridine rings is 1. The van der Waals surface area contributed by atoms with Crippen molar-refractivity contribution in [2.75, 3.05) is 11.9 Å². The molecule has 1 aliphatic heterocycles. The fourth-order valence-electron chi connectivity index (χ4n) is 5.44. The van der Waals surface area contributed by atoms with Crippen molar-refractivity contribution in [1.82, 2.24) is 15.2 Å². The third-order valence-corrected chi connectivity index (χ3v) is 7.57. The standard InChI is InChI=1S/C28H38N4O4/c1-17(2)19-6-10-22(11-7-19)31-28(36)32-16-4-5-25(32)26(33)30-21-12-8-20(9-13-21)23-14-15-24(27(34)35)29-18(23)3/h6-7,10-11,14-15,17,20-21,25,27,34-35H,4-5,8-9,12-13,16H2,1-3H3,(H,30,33)(H,31,36)/t20?,21?,25-/m1/s1. The predicted octanol–water partition coefficient (Wildman–Crippen LogP) is 4.34. The number of aromatic nitrogens is 1. The van der Waals surface area contributed by atoms with E-state index in [0.29, 0.717) is 24.8 Å². The van der Waals surface area contributed by atoms with Gasteiger partial charge in [0.25, 0.3) is 0 Å². The summed E-state index contributed by atoms with van der Waals surface area (Å²) in [5.74, 6) is 0.699. The zero-order chi connectivity index (χ0) is 25.8. The lowest BCUT2D eigenvalue weighted by Crippen LogP contribution is -2.50. The van der Waals surface area contributed by atoms with Gasteiger partial charge in [0, 0.05) is 24.0 Å². The molecule has 36 heavy (non-hydrogen) atoms. The molecule has 2 fully saturated rings. The lowest BCUT2D eigenvalue weighted by atomic mass is 9.81. The number of benzene rings is 1. The van der Waals surface area contributed by atoms with Gasteiger partial charge in [-0.15, -0.1) is 0 Å². The van der Waals surface area contributed by atoms with Gasteiger partial charge in [-0.2, -0.15) is 0 Å². The summed E-state index contributed by atoms with van der Waals surface area (Å²) in [6.07, 6.45) is 3.50. The molecule has 194 valence electrons. The van der Waals surface area contributed by atoms with Gasteiger partial charge in [-0.1, -0.05) is 32.0 Å². The molecule has 4 rings (SSSR count). The Hall–Kier alpha value is -2.97. The van der Waals surface area contributed by atoms with E-state index in [2.05, 4.69) is 29.5 Å². The summed E-state index contributed by atoms with van der Waals surface area (Å²) in [4.78, 5) is 32.0. The Morgan fingerprint density at radius 2 is 1.69 bits per heavy atom. The van der Waals surface area contributed by atoms with Crippen LogP contribution in [-0.2, 0) is 4.79 Å². The Labute approximate surface area is 213 Å². The average molecular weight is 495 g/mol. The number of carbonyl (C=O) groups is 2. The van der Waals surface area contributed by atoms with Gasteiger partial charge in [0.05, 0.1) is 5.69 Å². The lowest BCUT2D eigenvalue weighted by Gasteiger charge is -2.32. The van der Waals surface area contributed by atoms with E-state index in [9.17, 15) is 19.8 Å². The summed E-state index contributed by atoms with van der Waals surface area (Å²) in [5, 5.41) is 24.8. The number of hydrogen-bond donors (Lipinski definition) is 4. The normalized spacial score (nSPS) is 22.2. The lowest BCUT2D eigenvalue weighted by molar-refractivity contribution is -0.125. The molecule has 2 aromatic rings. The molecule has 8 heteroatoms. The van der Waals surface area contributed by atoms with Crippen LogP contribution in [0.1, 0.15) is 93.0 Å². The van der Waals surface area contributed by atoms with Gasteiger partial charge in [0.2, 0.25) is 5.91 Å². The Kier molecular flexibility index (Phi) is 8.26. The Morgan fingerprint density at radius 1 is 1.00 bits per heavy atom. The van der Waals surface area contributed by atoms with Crippen LogP contribution in [0.15, 0.2) is 36.4 Å². The van der Waals surface area contributed by atoms with Crippen LogP contribution in [0.5, 0.6) is 0 Å². The van der Waals surface area contributed by atoms with Crippen molar-refractivity contribution in [1.29, 1.82) is 0 Å². The van der Waals surface area contributed by atoms with E-state index in [-0.39, 0.29) is 23.7 Å². The summed E-state index contributed by atoms with van der Waals surface area (Å²) in [5.41, 5.74) is 4.16. The number of anilines is 1. The van der Waals surface area contributed by atoms with E-state index in [1.54, 1.807) is 11.0 Å². The van der Waals surface area contributed by atoms with Gasteiger partial charge in [-0.05, 0) is 86.6 Å². The van der Waals surface area contributed by atoms with Crippen LogP contribution < -0.4 is 10.6 Å².